The number of benzene rings is 8. The number of rotatable bonds is 0. The molecule has 0 spiro atoms. The summed E-state index contributed by atoms with van der Waals surface area (Å²) in [7, 11) is 0. The molecular formula is C48H4F24N8O2V. The van der Waals surface area contributed by atoms with Gasteiger partial charge in [-0.15, -0.1) is 0 Å². The van der Waals surface area contributed by atoms with Gasteiger partial charge in [-0.2, -0.15) is 0 Å². The summed E-state index contributed by atoms with van der Waals surface area (Å²) >= 11 is 0. The molecule has 83 heavy (non-hydrogen) atoms. The summed E-state index contributed by atoms with van der Waals surface area (Å²) in [5, 5.41) is -24.6. The van der Waals surface area contributed by atoms with Gasteiger partial charge in [-0.05, 0) is 0 Å². The Morgan fingerprint density at radius 1 is 0.169 bits per heavy atom. The molecule has 0 aliphatic carbocycles. The predicted octanol–water partition coefficient (Wildman–Crippen LogP) is 12.4. The van der Waals surface area contributed by atoms with Crippen molar-refractivity contribution in [3.05, 3.63) is 140 Å². The van der Waals surface area contributed by atoms with E-state index in [1.165, 1.54) is 0 Å². The van der Waals surface area contributed by atoms with E-state index >= 15 is 70.2 Å². The Bertz CT molecular complexity index is 4540. The molecule has 0 unspecified atom stereocenters. The fourth-order valence-corrected chi connectivity index (χ4v) is 9.63. The topological polar surface area (TPSA) is 169 Å². The monoisotopic (exact) mass is 1230 g/mol. The Morgan fingerprint density at radius 2 is 0.313 bits per heavy atom. The van der Waals surface area contributed by atoms with Crippen molar-refractivity contribution < 1.29 is 135 Å². The molecule has 0 amide bonds. The molecule has 421 valence electrons. The molecule has 0 saturated heterocycles. The van der Waals surface area contributed by atoms with E-state index in [2.05, 4.69) is 39.9 Å². The van der Waals surface area contributed by atoms with Gasteiger partial charge >= 0.3 is 18.6 Å². The number of halogens is 24. The SMILES string of the molecule is Fc1c(F)c(F)c2c(F)c3c(c(F)c2c1F)-c1nc-3nc2[n-]c(nc3nc(nc4[n-]c(n1)c1c(F)c5c(F)c(F)c(F)c(F)c5c(F)c41)-c1c-3c(F)c3c(F)c(F)c(F)c(F)c3c1F)c1c(F)c3c(F)c(F)c(F)c(F)c3c(F)c21.O.O.[V+2]. The zero-order valence-corrected chi connectivity index (χ0v) is 39.5. The van der Waals surface area contributed by atoms with E-state index in [9.17, 15) is 35.1 Å². The number of nitrogens with zero attached hydrogens (tertiary/aromatic N) is 8. The van der Waals surface area contributed by atoms with E-state index in [0.717, 1.165) is 0 Å². The van der Waals surface area contributed by atoms with Gasteiger partial charge in [-0.1, -0.05) is 0 Å². The zero-order valence-electron chi connectivity index (χ0n) is 38.1. The first-order valence-corrected chi connectivity index (χ1v) is 21.1. The van der Waals surface area contributed by atoms with E-state index < -0.39 is 272 Å². The summed E-state index contributed by atoms with van der Waals surface area (Å²) in [5.41, 5.74) is -14.2. The van der Waals surface area contributed by atoms with Crippen molar-refractivity contribution in [2.24, 2.45) is 0 Å². The summed E-state index contributed by atoms with van der Waals surface area (Å²) in [5.74, 6) is -71.4. The second-order valence-electron chi connectivity index (χ2n) is 17.0. The van der Waals surface area contributed by atoms with Gasteiger partial charge < -0.3 is 40.9 Å². The minimum absolute atomic E-state index is 0. The van der Waals surface area contributed by atoms with Crippen LogP contribution < -0.4 is 9.97 Å². The minimum atomic E-state index is -2.84. The zero-order chi connectivity index (χ0) is 57.4. The smallest absolute Gasteiger partial charge is 0.412 e. The second kappa shape index (κ2) is 18.5. The van der Waals surface area contributed by atoms with Crippen LogP contribution in [-0.2, 0) is 18.6 Å². The predicted molar refractivity (Wildman–Crippen MR) is 230 cm³/mol. The average molecular weight is 1230 g/mol. The molecule has 1 radical (unpaired) electrons. The van der Waals surface area contributed by atoms with Crippen LogP contribution in [0.15, 0.2) is 0 Å². The van der Waals surface area contributed by atoms with Gasteiger partial charge in [0.15, 0.2) is 93.1 Å². The van der Waals surface area contributed by atoms with Gasteiger partial charge in [0, 0.05) is 44.1 Å². The molecule has 0 atom stereocenters. The van der Waals surface area contributed by atoms with Crippen molar-refractivity contribution >= 4 is 87.2 Å². The fourth-order valence-electron chi connectivity index (χ4n) is 9.63. The third kappa shape index (κ3) is 6.89. The van der Waals surface area contributed by atoms with Gasteiger partial charge in [0.25, 0.3) is 0 Å². The summed E-state index contributed by atoms with van der Waals surface area (Å²) in [4.78, 5) is 28.7. The quantitative estimate of drug-likeness (QED) is 0.0821. The molecule has 3 aromatic heterocycles. The number of hydrogen-bond donors (Lipinski definition) is 0. The standard InChI is InChI=1S/C48F24N8.2H2O.V/c49-17-1-2(26(58)34(66)33(65)25(1)57)18(50)10-9(17)41-73-42(10)78-44-13-14(22(54)6-5(21(13)53)29(61)37(69)38(70)30(6)62)46(75-44)80-48-16-15(23(55)7-8(24(16)56)32(64)40(72)39(71)31(7)63)47(76-48)79-45-12-11(43(74-45)77-41)19(51)3-4(20(12)52)28(60)36(68)35(67)27(3)59;;;/h;2*1H2;/q-2;;;+2. The largest absolute Gasteiger partial charge is 2.00 e. The molecule has 11 aromatic rings. The first-order valence-electron chi connectivity index (χ1n) is 21.1. The Morgan fingerprint density at radius 3 is 0.470 bits per heavy atom. The molecular weight excluding hydrogens is 1230 g/mol. The van der Waals surface area contributed by atoms with E-state index in [0.29, 0.717) is 0 Å². The molecule has 10 nitrogen and oxygen atoms in total. The molecule has 2 aliphatic heterocycles. The van der Waals surface area contributed by atoms with Gasteiger partial charge in [-0.3, -0.25) is 0 Å². The Hall–Kier alpha value is -9.02. The van der Waals surface area contributed by atoms with Gasteiger partial charge in [0.2, 0.25) is 0 Å². The normalized spacial score (nSPS) is 12.0. The van der Waals surface area contributed by atoms with Gasteiger partial charge in [0.05, 0.1) is 88.6 Å². The number of fused-ring (bicyclic) bond motifs is 24. The Labute approximate surface area is 446 Å². The van der Waals surface area contributed by atoms with Crippen molar-refractivity contribution in [1.29, 1.82) is 0 Å². The van der Waals surface area contributed by atoms with Crippen molar-refractivity contribution in [3.8, 4) is 45.6 Å². The molecule has 8 aromatic carbocycles. The third-order valence-corrected chi connectivity index (χ3v) is 13.1. The second-order valence-corrected chi connectivity index (χ2v) is 17.0. The number of aromatic nitrogens is 8. The molecule has 5 heterocycles. The fraction of sp³-hybridized carbons (Fsp3) is 0. The van der Waals surface area contributed by atoms with Crippen LogP contribution in [0.1, 0.15) is 0 Å². The molecule has 4 N–H and O–H groups in total. The maximum Gasteiger partial charge on any atom is 2.00 e. The molecule has 0 fully saturated rings. The van der Waals surface area contributed by atoms with Crippen LogP contribution in [0.4, 0.5) is 105 Å². The van der Waals surface area contributed by atoms with Crippen LogP contribution in [-0.4, -0.2) is 40.9 Å². The first kappa shape index (κ1) is 57.2. The van der Waals surface area contributed by atoms with E-state index in [4.69, 9.17) is 0 Å². The van der Waals surface area contributed by atoms with Crippen LogP contribution in [0, 0.1) is 140 Å². The summed E-state index contributed by atoms with van der Waals surface area (Å²) in [6, 6.07) is 0. The summed E-state index contributed by atoms with van der Waals surface area (Å²) in [6.45, 7) is 0. The van der Waals surface area contributed by atoms with Gasteiger partial charge in [-0.25, -0.2) is 115 Å². The molecule has 8 bridgehead atoms. The maximum absolute atomic E-state index is 17.0. The summed E-state index contributed by atoms with van der Waals surface area (Å²) < 4.78 is 377. The first-order chi connectivity index (χ1) is 37.7. The third-order valence-electron chi connectivity index (χ3n) is 13.1. The van der Waals surface area contributed by atoms with E-state index in [1.807, 2.05) is 0 Å². The molecule has 13 rings (SSSR count). The van der Waals surface area contributed by atoms with Crippen LogP contribution in [0.2, 0.25) is 0 Å². The Kier molecular flexibility index (Phi) is 12.8. The van der Waals surface area contributed by atoms with Crippen LogP contribution in [0.5, 0.6) is 0 Å². The number of hydrogen-bond acceptors (Lipinski definition) is 6. The Balaban J connectivity index is 0.00000256. The molecule has 35 heteroatoms. The minimum Gasteiger partial charge on any atom is -0.412 e. The van der Waals surface area contributed by atoms with Crippen LogP contribution in [0.3, 0.4) is 0 Å². The molecule has 2 aliphatic rings. The van der Waals surface area contributed by atoms with Crippen molar-refractivity contribution in [2.75, 3.05) is 0 Å². The van der Waals surface area contributed by atoms with Crippen molar-refractivity contribution in [1.82, 2.24) is 39.9 Å². The average Bonchev–Trinajstić information content (AvgIpc) is 3.69. The van der Waals surface area contributed by atoms with Gasteiger partial charge in [0.1, 0.15) is 46.5 Å². The van der Waals surface area contributed by atoms with E-state index in [1.54, 1.807) is 0 Å². The van der Waals surface area contributed by atoms with Crippen molar-refractivity contribution in [2.45, 2.75) is 0 Å². The van der Waals surface area contributed by atoms with Crippen molar-refractivity contribution in [3.63, 3.8) is 0 Å². The van der Waals surface area contributed by atoms with Crippen LogP contribution >= 0.6 is 0 Å². The maximum atomic E-state index is 17.0. The van der Waals surface area contributed by atoms with E-state index in [-0.39, 0.29) is 29.5 Å². The van der Waals surface area contributed by atoms with Crippen LogP contribution in [0.25, 0.3) is 133 Å². The summed E-state index contributed by atoms with van der Waals surface area (Å²) in [6.07, 6.45) is 0. The molecule has 0 saturated carbocycles.